The van der Waals surface area contributed by atoms with Gasteiger partial charge in [0, 0.05) is 0 Å². The molecule has 0 radical (unpaired) electrons. The van der Waals surface area contributed by atoms with Crippen LogP contribution in [0.3, 0.4) is 0 Å². The Morgan fingerprint density at radius 3 is 2.20 bits per heavy atom. The molecule has 1 aliphatic rings. The number of hydrogen-bond acceptors (Lipinski definition) is 6. The average molecular weight is 212 g/mol. The molecule has 70 valence electrons. The molecule has 7 heteroatoms. The minimum atomic E-state index is -1.43. The molecule has 1 rings (SSSR count). The first kappa shape index (κ1) is 13.5. The van der Waals surface area contributed by atoms with Crippen LogP contribution in [0, 0.1) is 34.0 Å². The molecule has 0 aromatic rings. The van der Waals surface area contributed by atoms with Gasteiger partial charge in [-0.05, 0) is 0 Å². The zero-order valence-electron chi connectivity index (χ0n) is 6.81. The third kappa shape index (κ3) is 2.30. The standard InChI is InChI=1S/C8H4N4O2.Na.H/c9-1-4(2-10)6-5(3-11)7(13)8(14)12-6;;/h8,12-14H;;. The van der Waals surface area contributed by atoms with E-state index in [1.807, 2.05) is 0 Å². The third-order valence-corrected chi connectivity index (χ3v) is 1.63. The van der Waals surface area contributed by atoms with Crippen LogP contribution in [-0.2, 0) is 0 Å². The molecule has 3 N–H and O–H groups in total. The number of nitrogens with one attached hydrogen (secondary N) is 1. The molecule has 0 aromatic heterocycles. The summed E-state index contributed by atoms with van der Waals surface area (Å²) in [6.07, 6.45) is -1.43. The first-order valence-corrected chi connectivity index (χ1v) is 3.48. The third-order valence-electron chi connectivity index (χ3n) is 1.63. The topological polar surface area (TPSA) is 124 Å². The van der Waals surface area contributed by atoms with Gasteiger partial charge in [0.25, 0.3) is 0 Å². The van der Waals surface area contributed by atoms with Gasteiger partial charge in [-0.25, -0.2) is 0 Å². The fourth-order valence-electron chi connectivity index (χ4n) is 0.989. The van der Waals surface area contributed by atoms with Crippen LogP contribution in [0.2, 0.25) is 0 Å². The Morgan fingerprint density at radius 2 is 1.80 bits per heavy atom. The molecule has 15 heavy (non-hydrogen) atoms. The van der Waals surface area contributed by atoms with Crippen LogP contribution >= 0.6 is 0 Å². The number of allylic oxidation sites excluding steroid dienone is 2. The maximum atomic E-state index is 9.16. The summed E-state index contributed by atoms with van der Waals surface area (Å²) >= 11 is 0. The van der Waals surface area contributed by atoms with Crippen LogP contribution < -0.4 is 5.32 Å². The molecule has 0 saturated carbocycles. The van der Waals surface area contributed by atoms with Crippen LogP contribution in [-0.4, -0.2) is 46.0 Å². The van der Waals surface area contributed by atoms with E-state index in [0.717, 1.165) is 0 Å². The summed E-state index contributed by atoms with van der Waals surface area (Å²) < 4.78 is 0. The van der Waals surface area contributed by atoms with E-state index < -0.39 is 12.0 Å². The first-order valence-electron chi connectivity index (χ1n) is 3.48. The molecular formula is C8H5N4NaO2. The number of nitrogens with zero attached hydrogens (tertiary/aromatic N) is 3. The van der Waals surface area contributed by atoms with Crippen LogP contribution in [0.4, 0.5) is 0 Å². The van der Waals surface area contributed by atoms with Crippen molar-refractivity contribution in [1.82, 2.24) is 5.32 Å². The predicted octanol–water partition coefficient (Wildman–Crippen LogP) is -1.10. The Bertz CT molecular complexity index is 445. The summed E-state index contributed by atoms with van der Waals surface area (Å²) in [7, 11) is 0. The van der Waals surface area contributed by atoms with Crippen molar-refractivity contribution in [3.8, 4) is 18.2 Å². The molecule has 0 aromatic carbocycles. The number of aliphatic hydroxyl groups excluding tert-OH is 2. The van der Waals surface area contributed by atoms with Gasteiger partial charge < -0.3 is 15.5 Å². The summed E-state index contributed by atoms with van der Waals surface area (Å²) in [4.78, 5) is 0. The van der Waals surface area contributed by atoms with E-state index in [1.54, 1.807) is 18.2 Å². The van der Waals surface area contributed by atoms with Crippen molar-refractivity contribution in [2.75, 3.05) is 0 Å². The Kier molecular flexibility index (Phi) is 4.87. The number of aliphatic hydroxyl groups is 2. The van der Waals surface area contributed by atoms with Gasteiger partial charge in [-0.3, -0.25) is 0 Å². The van der Waals surface area contributed by atoms with Gasteiger partial charge in [-0.1, -0.05) is 0 Å². The van der Waals surface area contributed by atoms with Crippen molar-refractivity contribution in [2.24, 2.45) is 0 Å². The van der Waals surface area contributed by atoms with Crippen LogP contribution in [0.25, 0.3) is 0 Å². The van der Waals surface area contributed by atoms with E-state index in [4.69, 9.17) is 26.0 Å². The monoisotopic (exact) mass is 212 g/mol. The Morgan fingerprint density at radius 1 is 1.27 bits per heavy atom. The summed E-state index contributed by atoms with van der Waals surface area (Å²) in [6.45, 7) is 0. The molecule has 0 bridgehead atoms. The zero-order valence-corrected chi connectivity index (χ0v) is 6.81. The van der Waals surface area contributed by atoms with E-state index in [0.29, 0.717) is 0 Å². The van der Waals surface area contributed by atoms with Crippen molar-refractivity contribution in [1.29, 1.82) is 15.8 Å². The van der Waals surface area contributed by atoms with Gasteiger partial charge in [0.2, 0.25) is 0 Å². The SMILES string of the molecule is N#CC(C#N)=C1NC(O)C(O)=C1C#N.[NaH]. The van der Waals surface area contributed by atoms with Crippen molar-refractivity contribution in [3.05, 3.63) is 22.6 Å². The van der Waals surface area contributed by atoms with Crippen LogP contribution in [0.15, 0.2) is 22.6 Å². The summed E-state index contributed by atoms with van der Waals surface area (Å²) in [5.74, 6) is -0.578. The Hall–Kier alpha value is -1.49. The fraction of sp³-hybridized carbons (Fsp3) is 0.125. The van der Waals surface area contributed by atoms with Crippen LogP contribution in [0.5, 0.6) is 0 Å². The first-order chi connectivity index (χ1) is 6.65. The minimum absolute atomic E-state index is 0. The molecule has 0 saturated heterocycles. The number of nitriles is 3. The van der Waals surface area contributed by atoms with Gasteiger partial charge in [0.15, 0.2) is 17.6 Å². The molecule has 1 aliphatic heterocycles. The van der Waals surface area contributed by atoms with Crippen molar-refractivity contribution in [2.45, 2.75) is 6.23 Å². The molecule has 0 aliphatic carbocycles. The normalized spacial score (nSPS) is 18.0. The van der Waals surface area contributed by atoms with Crippen molar-refractivity contribution < 1.29 is 10.2 Å². The second kappa shape index (κ2) is 5.41. The second-order valence-corrected chi connectivity index (χ2v) is 2.39. The van der Waals surface area contributed by atoms with E-state index in [2.05, 4.69) is 5.32 Å². The quantitative estimate of drug-likeness (QED) is 0.345. The van der Waals surface area contributed by atoms with Gasteiger partial charge in [0.05, 0.1) is 5.70 Å². The molecule has 1 atom stereocenters. The molecule has 0 fully saturated rings. The van der Waals surface area contributed by atoms with Crippen molar-refractivity contribution in [3.63, 3.8) is 0 Å². The van der Waals surface area contributed by atoms with Gasteiger partial charge >= 0.3 is 29.6 Å². The molecule has 1 heterocycles. The van der Waals surface area contributed by atoms with E-state index in [9.17, 15) is 0 Å². The Balaban J connectivity index is 0.00000196. The molecule has 0 amide bonds. The fourth-order valence-corrected chi connectivity index (χ4v) is 0.989. The van der Waals surface area contributed by atoms with Gasteiger partial charge in [-0.2, -0.15) is 15.8 Å². The maximum absolute atomic E-state index is 9.16. The molecule has 0 spiro atoms. The molecule has 1 unspecified atom stereocenters. The predicted molar refractivity (Wildman–Crippen MR) is 49.8 cm³/mol. The van der Waals surface area contributed by atoms with E-state index in [-0.39, 0.29) is 46.4 Å². The Labute approximate surface area is 108 Å². The van der Waals surface area contributed by atoms with Crippen LogP contribution in [0.1, 0.15) is 0 Å². The molecular weight excluding hydrogens is 207 g/mol. The summed E-state index contributed by atoms with van der Waals surface area (Å²) in [5.41, 5.74) is -0.775. The summed E-state index contributed by atoms with van der Waals surface area (Å²) in [5, 5.41) is 46.1. The number of hydrogen-bond donors (Lipinski definition) is 3. The number of rotatable bonds is 0. The van der Waals surface area contributed by atoms with E-state index >= 15 is 0 Å². The molecule has 6 nitrogen and oxygen atoms in total. The van der Waals surface area contributed by atoms with Gasteiger partial charge in [0.1, 0.15) is 23.8 Å². The second-order valence-electron chi connectivity index (χ2n) is 2.39. The zero-order chi connectivity index (χ0) is 10.7. The van der Waals surface area contributed by atoms with Gasteiger partial charge in [-0.15, -0.1) is 0 Å². The van der Waals surface area contributed by atoms with Crippen molar-refractivity contribution >= 4 is 29.6 Å². The van der Waals surface area contributed by atoms with E-state index in [1.165, 1.54) is 0 Å². The summed E-state index contributed by atoms with van der Waals surface area (Å²) in [6, 6.07) is 4.69. The average Bonchev–Trinajstić information content (AvgIpc) is 2.45.